The van der Waals surface area contributed by atoms with Crippen LogP contribution in [0.4, 0.5) is 9.93 Å². The molecule has 20 heavy (non-hydrogen) atoms. The van der Waals surface area contributed by atoms with Crippen molar-refractivity contribution < 1.29 is 24.2 Å². The van der Waals surface area contributed by atoms with Gasteiger partial charge in [0, 0.05) is 5.38 Å². The summed E-state index contributed by atoms with van der Waals surface area (Å²) in [6.07, 6.45) is 1.19. The van der Waals surface area contributed by atoms with Crippen molar-refractivity contribution in [2.45, 2.75) is 25.8 Å². The summed E-state index contributed by atoms with van der Waals surface area (Å²) in [5.41, 5.74) is 0.124. The Bertz CT molecular complexity index is 476. The van der Waals surface area contributed by atoms with Gasteiger partial charge in [0.05, 0.1) is 12.3 Å². The number of nitrogens with one attached hydrogen (secondary N) is 2. The van der Waals surface area contributed by atoms with Crippen LogP contribution in [0.2, 0.25) is 0 Å². The highest BCUT2D eigenvalue weighted by molar-refractivity contribution is 7.13. The molecule has 1 rings (SSSR count). The maximum absolute atomic E-state index is 11.4. The molecule has 1 unspecified atom stereocenters. The number of thiazole rings is 1. The number of ether oxygens (including phenoxy) is 1. The van der Waals surface area contributed by atoms with E-state index >= 15 is 0 Å². The van der Waals surface area contributed by atoms with Crippen molar-refractivity contribution in [1.82, 2.24) is 10.3 Å². The van der Waals surface area contributed by atoms with Crippen molar-refractivity contribution in [3.05, 3.63) is 11.1 Å². The first-order valence-corrected chi connectivity index (χ1v) is 6.78. The zero-order valence-electron chi connectivity index (χ0n) is 10.8. The summed E-state index contributed by atoms with van der Waals surface area (Å²) in [6.45, 7) is 2.17. The molecule has 0 spiro atoms. The number of alkyl carbamates (subject to hydrolysis) is 1. The average Bonchev–Trinajstić information content (AvgIpc) is 2.84. The van der Waals surface area contributed by atoms with Gasteiger partial charge in [-0.1, -0.05) is 13.3 Å². The molecule has 2 amide bonds. The molecule has 0 aliphatic heterocycles. The highest BCUT2D eigenvalue weighted by Crippen LogP contribution is 2.20. The van der Waals surface area contributed by atoms with Crippen molar-refractivity contribution in [1.29, 1.82) is 0 Å². The van der Waals surface area contributed by atoms with Gasteiger partial charge in [0.25, 0.3) is 0 Å². The number of carboxylic acid groups (broad SMARTS) is 1. The molecular weight excluding hydrogens is 286 g/mol. The van der Waals surface area contributed by atoms with E-state index in [-0.39, 0.29) is 17.4 Å². The fourth-order valence-corrected chi connectivity index (χ4v) is 1.96. The van der Waals surface area contributed by atoms with Gasteiger partial charge in [-0.25, -0.2) is 14.6 Å². The minimum Gasteiger partial charge on any atom is -0.479 e. The Balaban J connectivity index is 2.65. The zero-order valence-corrected chi connectivity index (χ0v) is 11.6. The zero-order chi connectivity index (χ0) is 15.0. The summed E-state index contributed by atoms with van der Waals surface area (Å²) in [5, 5.41) is 15.3. The lowest BCUT2D eigenvalue weighted by Crippen LogP contribution is -2.34. The smallest absolute Gasteiger partial charge is 0.408 e. The van der Waals surface area contributed by atoms with E-state index in [9.17, 15) is 14.4 Å². The van der Waals surface area contributed by atoms with Crippen LogP contribution in [0.1, 0.15) is 31.5 Å². The van der Waals surface area contributed by atoms with Crippen molar-refractivity contribution >= 4 is 34.9 Å². The molecule has 1 heterocycles. The fraction of sp³-hybridized carbons (Fsp3) is 0.455. The summed E-state index contributed by atoms with van der Waals surface area (Å²) in [5.74, 6) is -1.26. The van der Waals surface area contributed by atoms with Crippen LogP contribution < -0.4 is 10.6 Å². The van der Waals surface area contributed by atoms with Gasteiger partial charge in [0.2, 0.25) is 6.41 Å². The van der Waals surface area contributed by atoms with Gasteiger partial charge in [-0.3, -0.25) is 4.79 Å². The molecular formula is C11H15N3O5S. The molecule has 0 bridgehead atoms. The molecule has 8 nitrogen and oxygen atoms in total. The Labute approximate surface area is 119 Å². The quantitative estimate of drug-likeness (QED) is 0.493. The number of carboxylic acids is 1. The third-order valence-electron chi connectivity index (χ3n) is 2.24. The van der Waals surface area contributed by atoms with Crippen LogP contribution >= 0.6 is 11.3 Å². The molecule has 0 radical (unpaired) electrons. The summed E-state index contributed by atoms with van der Waals surface area (Å²) in [6, 6.07) is -1.32. The number of hydrogen-bond acceptors (Lipinski definition) is 6. The molecule has 1 aromatic rings. The van der Waals surface area contributed by atoms with Crippen molar-refractivity contribution in [2.24, 2.45) is 0 Å². The highest BCUT2D eigenvalue weighted by atomic mass is 32.1. The molecule has 0 fully saturated rings. The second-order valence-electron chi connectivity index (χ2n) is 3.74. The van der Waals surface area contributed by atoms with Gasteiger partial charge in [-0.2, -0.15) is 0 Å². The molecule has 9 heteroatoms. The van der Waals surface area contributed by atoms with Gasteiger partial charge in [0.1, 0.15) is 0 Å². The van der Waals surface area contributed by atoms with E-state index in [0.29, 0.717) is 12.8 Å². The molecule has 0 aliphatic rings. The molecule has 1 aromatic heterocycles. The first-order valence-electron chi connectivity index (χ1n) is 5.90. The maximum Gasteiger partial charge on any atom is 0.408 e. The predicted octanol–water partition coefficient (Wildman–Crippen LogP) is 1.36. The number of aromatic nitrogens is 1. The molecule has 0 aliphatic carbocycles. The standard InChI is InChI=1S/C11H15N3O5S/c1-2-3-4-19-11(18)14-8(9(16)17)7-5-20-10(13-7)12-6-15/h5-6,8H,2-4H2,1H3,(H,14,18)(H,16,17)(H,12,13,15). The van der Waals surface area contributed by atoms with Crippen molar-refractivity contribution in [3.8, 4) is 0 Å². The number of carbonyl (C=O) groups excluding carboxylic acids is 2. The Hall–Kier alpha value is -2.16. The van der Waals surface area contributed by atoms with Crippen LogP contribution in [-0.2, 0) is 14.3 Å². The Morgan fingerprint density at radius 2 is 2.35 bits per heavy atom. The van der Waals surface area contributed by atoms with Crippen molar-refractivity contribution in [3.63, 3.8) is 0 Å². The largest absolute Gasteiger partial charge is 0.479 e. The number of hydrogen-bond donors (Lipinski definition) is 3. The first-order chi connectivity index (χ1) is 9.58. The number of amides is 2. The third kappa shape index (κ3) is 4.84. The Morgan fingerprint density at radius 1 is 1.60 bits per heavy atom. The lowest BCUT2D eigenvalue weighted by atomic mass is 10.2. The number of aliphatic carboxylic acids is 1. The van der Waals surface area contributed by atoms with Crippen molar-refractivity contribution in [2.75, 3.05) is 11.9 Å². The third-order valence-corrected chi connectivity index (χ3v) is 3.03. The number of unbranched alkanes of at least 4 members (excludes halogenated alkanes) is 1. The normalized spacial score (nSPS) is 11.4. The van der Waals surface area contributed by atoms with Gasteiger partial charge in [-0.15, -0.1) is 11.3 Å². The second-order valence-corrected chi connectivity index (χ2v) is 4.60. The monoisotopic (exact) mass is 301 g/mol. The number of anilines is 1. The van der Waals surface area contributed by atoms with E-state index in [1.807, 2.05) is 6.92 Å². The van der Waals surface area contributed by atoms with E-state index in [4.69, 9.17) is 9.84 Å². The van der Waals surface area contributed by atoms with E-state index in [1.165, 1.54) is 5.38 Å². The molecule has 3 N–H and O–H groups in total. The van der Waals surface area contributed by atoms with Gasteiger partial charge in [-0.05, 0) is 6.42 Å². The fourth-order valence-electron chi connectivity index (χ4n) is 1.27. The van der Waals surface area contributed by atoms with E-state index in [0.717, 1.165) is 17.8 Å². The van der Waals surface area contributed by atoms with Crippen LogP contribution in [0.3, 0.4) is 0 Å². The summed E-state index contributed by atoms with van der Waals surface area (Å²) < 4.78 is 4.83. The summed E-state index contributed by atoms with van der Waals surface area (Å²) in [4.78, 5) is 36.7. The number of nitrogens with zero attached hydrogens (tertiary/aromatic N) is 1. The van der Waals surface area contributed by atoms with Crippen LogP contribution in [0, 0.1) is 0 Å². The van der Waals surface area contributed by atoms with Crippen LogP contribution in [-0.4, -0.2) is 35.2 Å². The van der Waals surface area contributed by atoms with Crippen LogP contribution in [0.25, 0.3) is 0 Å². The maximum atomic E-state index is 11.4. The van der Waals surface area contributed by atoms with E-state index in [1.54, 1.807) is 0 Å². The molecule has 0 aromatic carbocycles. The van der Waals surface area contributed by atoms with Gasteiger partial charge >= 0.3 is 12.1 Å². The minimum absolute atomic E-state index is 0.124. The number of rotatable bonds is 8. The molecule has 1 atom stereocenters. The second kappa shape index (κ2) is 8.10. The summed E-state index contributed by atoms with van der Waals surface area (Å²) in [7, 11) is 0. The summed E-state index contributed by atoms with van der Waals surface area (Å²) >= 11 is 1.06. The molecule has 0 saturated carbocycles. The van der Waals surface area contributed by atoms with Crippen LogP contribution in [0.15, 0.2) is 5.38 Å². The predicted molar refractivity (Wildman–Crippen MR) is 71.6 cm³/mol. The lowest BCUT2D eigenvalue weighted by molar-refractivity contribution is -0.139. The van der Waals surface area contributed by atoms with Gasteiger partial charge < -0.3 is 20.5 Å². The molecule has 0 saturated heterocycles. The Kier molecular flexibility index (Phi) is 6.44. The lowest BCUT2D eigenvalue weighted by Gasteiger charge is -2.12. The average molecular weight is 301 g/mol. The Morgan fingerprint density at radius 3 is 2.95 bits per heavy atom. The molecule has 110 valence electrons. The topological polar surface area (TPSA) is 118 Å². The minimum atomic E-state index is -1.32. The first kappa shape index (κ1) is 15.9. The van der Waals surface area contributed by atoms with Gasteiger partial charge in [0.15, 0.2) is 11.2 Å². The SMILES string of the molecule is CCCCOC(=O)NC(C(=O)O)c1csc(NC=O)n1. The van der Waals surface area contributed by atoms with Crippen LogP contribution in [0.5, 0.6) is 0 Å². The highest BCUT2D eigenvalue weighted by Gasteiger charge is 2.25. The number of carbonyl (C=O) groups is 3. The van der Waals surface area contributed by atoms with E-state index in [2.05, 4.69) is 15.6 Å². The van der Waals surface area contributed by atoms with E-state index < -0.39 is 18.1 Å².